The van der Waals surface area contributed by atoms with Crippen molar-refractivity contribution < 1.29 is 9.59 Å². The number of hydrogen-bond donors (Lipinski definition) is 2. The number of rotatable bonds is 3. The van der Waals surface area contributed by atoms with Gasteiger partial charge in [0, 0.05) is 29.6 Å². The number of imide groups is 1. The van der Waals surface area contributed by atoms with Gasteiger partial charge in [0.15, 0.2) is 0 Å². The summed E-state index contributed by atoms with van der Waals surface area (Å²) in [6.45, 7) is 5.84. The Balaban J connectivity index is 1.69. The van der Waals surface area contributed by atoms with Gasteiger partial charge in [-0.3, -0.25) is 14.5 Å². The number of carbonyl (C=O) groups is 2. The lowest BCUT2D eigenvalue weighted by Crippen LogP contribution is -2.64. The molecule has 128 valence electrons. The summed E-state index contributed by atoms with van der Waals surface area (Å²) in [5.74, 6) is 0.0314. The minimum atomic E-state index is -0.449. The van der Waals surface area contributed by atoms with Gasteiger partial charge in [-0.1, -0.05) is 32.0 Å². The second-order valence-corrected chi connectivity index (χ2v) is 7.77. The van der Waals surface area contributed by atoms with Gasteiger partial charge in [-0.15, -0.1) is 0 Å². The Labute approximate surface area is 142 Å². The van der Waals surface area contributed by atoms with Gasteiger partial charge in [-0.05, 0) is 37.4 Å². The van der Waals surface area contributed by atoms with E-state index in [9.17, 15) is 9.59 Å². The van der Waals surface area contributed by atoms with Crippen molar-refractivity contribution in [3.05, 3.63) is 35.9 Å². The molecule has 1 spiro atoms. The first-order chi connectivity index (χ1) is 11.5. The molecule has 4 aliphatic rings. The maximum Gasteiger partial charge on any atom is 0.260 e. The summed E-state index contributed by atoms with van der Waals surface area (Å²) in [5.41, 5.74) is 6.00. The van der Waals surface area contributed by atoms with E-state index in [-0.39, 0.29) is 28.7 Å². The van der Waals surface area contributed by atoms with Crippen LogP contribution in [0.15, 0.2) is 30.3 Å². The number of benzene rings is 1. The van der Waals surface area contributed by atoms with Gasteiger partial charge in [0.2, 0.25) is 5.91 Å². The third kappa shape index (κ3) is 1.62. The second kappa shape index (κ2) is 4.90. The summed E-state index contributed by atoms with van der Waals surface area (Å²) in [6, 6.07) is 9.06. The van der Waals surface area contributed by atoms with Crippen LogP contribution in [0.25, 0.3) is 0 Å². The van der Waals surface area contributed by atoms with Gasteiger partial charge in [-0.2, -0.15) is 0 Å². The minimum Gasteiger partial charge on any atom is -0.330 e. The molecular weight excluding hydrogens is 302 g/mol. The number of amides is 2. The number of nitrogens with two attached hydrogens (primary N) is 1. The molecule has 2 unspecified atom stereocenters. The van der Waals surface area contributed by atoms with Crippen LogP contribution in [0.4, 0.5) is 0 Å². The lowest BCUT2D eigenvalue weighted by Gasteiger charge is -2.49. The fourth-order valence-corrected chi connectivity index (χ4v) is 5.67. The summed E-state index contributed by atoms with van der Waals surface area (Å²) >= 11 is 0. The summed E-state index contributed by atoms with van der Waals surface area (Å²) in [5, 5.41) is 3.64. The quantitative estimate of drug-likeness (QED) is 0.823. The van der Waals surface area contributed by atoms with E-state index in [4.69, 9.17) is 5.73 Å². The van der Waals surface area contributed by atoms with Crippen LogP contribution in [0.1, 0.15) is 37.0 Å². The number of fused-ring (bicyclic) bond motifs is 4. The molecule has 2 bridgehead atoms. The number of nitrogens with one attached hydrogen (secondary N) is 1. The van der Waals surface area contributed by atoms with E-state index in [1.807, 2.05) is 18.2 Å². The lowest BCUT2D eigenvalue weighted by atomic mass is 9.65. The van der Waals surface area contributed by atoms with Crippen LogP contribution in [0.5, 0.6) is 0 Å². The molecule has 4 fully saturated rings. The largest absolute Gasteiger partial charge is 0.330 e. The van der Waals surface area contributed by atoms with Crippen molar-refractivity contribution in [3.63, 3.8) is 0 Å². The Hall–Kier alpha value is -1.72. The molecule has 2 amide bonds. The monoisotopic (exact) mass is 327 g/mol. The van der Waals surface area contributed by atoms with E-state index >= 15 is 0 Å². The molecule has 2 aliphatic heterocycles. The van der Waals surface area contributed by atoms with Crippen LogP contribution in [0.2, 0.25) is 0 Å². The van der Waals surface area contributed by atoms with Gasteiger partial charge >= 0.3 is 0 Å². The van der Waals surface area contributed by atoms with Crippen molar-refractivity contribution in [1.82, 2.24) is 10.2 Å². The SMILES string of the molecule is CC[C@]12CC3(C(=O)N(C(=O)c4ccccc4)CCN1)[C@H]2C3(C)CN. The van der Waals surface area contributed by atoms with Crippen LogP contribution >= 0.6 is 0 Å². The normalized spacial score (nSPS) is 40.2. The van der Waals surface area contributed by atoms with Gasteiger partial charge in [-0.25, -0.2) is 0 Å². The highest BCUT2D eigenvalue weighted by atomic mass is 16.2. The van der Waals surface area contributed by atoms with E-state index in [0.29, 0.717) is 25.2 Å². The van der Waals surface area contributed by atoms with E-state index in [2.05, 4.69) is 19.2 Å². The highest BCUT2D eigenvalue weighted by molar-refractivity contribution is 6.08. The standard InChI is InChI=1S/C19H25N3O2/c1-3-18-11-19(15(18)17(19,2)12-20)16(24)22(10-9-21-18)14(23)13-7-5-4-6-8-13/h4-8,15,21H,3,9-12,20H2,1-2H3/t15-,17?,18+,19?/m0/s1. The van der Waals surface area contributed by atoms with Crippen molar-refractivity contribution in [1.29, 1.82) is 0 Å². The zero-order valence-corrected chi connectivity index (χ0v) is 14.3. The number of hydrogen-bond acceptors (Lipinski definition) is 4. The van der Waals surface area contributed by atoms with Crippen LogP contribution in [-0.4, -0.2) is 41.9 Å². The molecule has 5 heteroatoms. The highest BCUT2D eigenvalue weighted by Gasteiger charge is 2.90. The Morgan fingerprint density at radius 3 is 2.71 bits per heavy atom. The van der Waals surface area contributed by atoms with Crippen LogP contribution < -0.4 is 11.1 Å². The Bertz CT molecular complexity index is 706. The smallest absolute Gasteiger partial charge is 0.260 e. The third-order valence-electron chi connectivity index (χ3n) is 6.97. The molecule has 2 saturated carbocycles. The van der Waals surface area contributed by atoms with Gasteiger partial charge < -0.3 is 11.1 Å². The van der Waals surface area contributed by atoms with Crippen LogP contribution in [-0.2, 0) is 4.79 Å². The summed E-state index contributed by atoms with van der Waals surface area (Å²) < 4.78 is 0. The first kappa shape index (κ1) is 15.8. The summed E-state index contributed by atoms with van der Waals surface area (Å²) in [7, 11) is 0. The highest BCUT2D eigenvalue weighted by Crippen LogP contribution is 2.84. The minimum absolute atomic E-state index is 0.0140. The number of carbonyl (C=O) groups excluding carboxylic acids is 2. The Morgan fingerprint density at radius 2 is 2.08 bits per heavy atom. The predicted octanol–water partition coefficient (Wildman–Crippen LogP) is 1.39. The van der Waals surface area contributed by atoms with Crippen molar-refractivity contribution in [2.24, 2.45) is 22.5 Å². The van der Waals surface area contributed by atoms with Crippen LogP contribution in [0, 0.1) is 16.7 Å². The van der Waals surface area contributed by atoms with E-state index in [1.54, 1.807) is 12.1 Å². The molecule has 1 aromatic carbocycles. The molecule has 3 N–H and O–H groups in total. The predicted molar refractivity (Wildman–Crippen MR) is 91.2 cm³/mol. The molecule has 5 rings (SSSR count). The van der Waals surface area contributed by atoms with Gasteiger partial charge in [0.05, 0.1) is 5.41 Å². The maximum atomic E-state index is 13.4. The van der Waals surface area contributed by atoms with Crippen molar-refractivity contribution in [2.75, 3.05) is 19.6 Å². The molecule has 5 nitrogen and oxygen atoms in total. The first-order valence-corrected chi connectivity index (χ1v) is 8.83. The van der Waals surface area contributed by atoms with Gasteiger partial charge in [0.25, 0.3) is 5.91 Å². The van der Waals surface area contributed by atoms with Crippen molar-refractivity contribution in [3.8, 4) is 0 Å². The van der Waals surface area contributed by atoms with Crippen molar-refractivity contribution in [2.45, 2.75) is 32.2 Å². The topological polar surface area (TPSA) is 75.4 Å². The molecule has 4 atom stereocenters. The summed E-state index contributed by atoms with van der Waals surface area (Å²) in [6.07, 6.45) is 1.79. The molecule has 2 saturated heterocycles. The fraction of sp³-hybridized carbons (Fsp3) is 0.579. The lowest BCUT2D eigenvalue weighted by molar-refractivity contribution is -0.143. The fourth-order valence-electron chi connectivity index (χ4n) is 5.67. The van der Waals surface area contributed by atoms with Gasteiger partial charge in [0.1, 0.15) is 0 Å². The average molecular weight is 327 g/mol. The van der Waals surface area contributed by atoms with E-state index in [0.717, 1.165) is 12.8 Å². The zero-order valence-electron chi connectivity index (χ0n) is 14.3. The molecule has 2 aliphatic carbocycles. The molecular formula is C19H25N3O2. The number of nitrogens with zero attached hydrogens (tertiary/aromatic N) is 1. The molecule has 24 heavy (non-hydrogen) atoms. The molecule has 0 radical (unpaired) electrons. The molecule has 0 aromatic heterocycles. The average Bonchev–Trinajstić information content (AvgIpc) is 3.05. The Morgan fingerprint density at radius 1 is 1.38 bits per heavy atom. The zero-order chi connectivity index (χ0) is 17.2. The third-order valence-corrected chi connectivity index (χ3v) is 6.97. The molecule has 1 aromatic rings. The van der Waals surface area contributed by atoms with E-state index < -0.39 is 5.41 Å². The second-order valence-electron chi connectivity index (χ2n) is 7.77. The summed E-state index contributed by atoms with van der Waals surface area (Å²) in [4.78, 5) is 27.7. The first-order valence-electron chi connectivity index (χ1n) is 8.83. The Kier molecular flexibility index (Phi) is 3.22. The van der Waals surface area contributed by atoms with E-state index in [1.165, 1.54) is 4.90 Å². The maximum absolute atomic E-state index is 13.4. The van der Waals surface area contributed by atoms with Crippen LogP contribution in [0.3, 0.4) is 0 Å². The molecule has 2 heterocycles. The van der Waals surface area contributed by atoms with Crippen molar-refractivity contribution >= 4 is 11.8 Å².